The SMILES string of the molecule is [CH2-]CC1C([CH-]CC[CH-]C(C)CCc2nc3c(F)c(F)ccc3s2)CCC2CCCCC21C.[Fe+3]. The molecule has 4 rings (SSSR count). The van der Waals surface area contributed by atoms with Gasteiger partial charge in [0.05, 0.1) is 9.71 Å². The van der Waals surface area contributed by atoms with E-state index in [9.17, 15) is 8.78 Å². The number of rotatable bonds is 9. The van der Waals surface area contributed by atoms with Crippen molar-refractivity contribution in [2.24, 2.45) is 29.1 Å². The maximum atomic E-state index is 13.9. The zero-order valence-electron chi connectivity index (χ0n) is 20.1. The summed E-state index contributed by atoms with van der Waals surface area (Å²) >= 11 is 1.48. The molecule has 1 aromatic heterocycles. The molecular weight excluding hydrogens is 476 g/mol. The second-order valence-corrected chi connectivity index (χ2v) is 11.6. The number of benzene rings is 1. The minimum atomic E-state index is -0.822. The zero-order chi connectivity index (χ0) is 22.7. The fourth-order valence-electron chi connectivity index (χ4n) is 6.55. The summed E-state index contributed by atoms with van der Waals surface area (Å²) in [5, 5.41) is 0.895. The van der Waals surface area contributed by atoms with Gasteiger partial charge in [-0.05, 0) is 42.7 Å². The Morgan fingerprint density at radius 2 is 2.03 bits per heavy atom. The van der Waals surface area contributed by atoms with Crippen molar-refractivity contribution in [2.75, 3.05) is 0 Å². The van der Waals surface area contributed by atoms with Gasteiger partial charge in [-0.15, -0.1) is 11.3 Å². The largest absolute Gasteiger partial charge is 3.00 e. The van der Waals surface area contributed by atoms with Crippen LogP contribution in [-0.4, -0.2) is 4.98 Å². The summed E-state index contributed by atoms with van der Waals surface area (Å²) in [6, 6.07) is 2.81. The smallest absolute Gasteiger partial charge is 0.343 e. The summed E-state index contributed by atoms with van der Waals surface area (Å²) in [6.07, 6.45) is 18.6. The van der Waals surface area contributed by atoms with Crippen LogP contribution in [0.1, 0.15) is 83.1 Å². The minimum Gasteiger partial charge on any atom is -0.343 e. The fraction of sp³-hybridized carbons (Fsp3) is 0.643. The predicted octanol–water partition coefficient (Wildman–Crippen LogP) is 8.78. The average Bonchev–Trinajstić information content (AvgIpc) is 3.21. The van der Waals surface area contributed by atoms with Crippen molar-refractivity contribution in [3.63, 3.8) is 0 Å². The summed E-state index contributed by atoms with van der Waals surface area (Å²) in [5.74, 6) is 1.26. The molecule has 0 amide bonds. The molecule has 1 aromatic carbocycles. The maximum Gasteiger partial charge on any atom is 3.00 e. The van der Waals surface area contributed by atoms with Gasteiger partial charge in [0.15, 0.2) is 11.6 Å². The van der Waals surface area contributed by atoms with Crippen molar-refractivity contribution in [1.29, 1.82) is 0 Å². The van der Waals surface area contributed by atoms with Gasteiger partial charge in [0.1, 0.15) is 5.52 Å². The Kier molecular flexibility index (Phi) is 9.81. The van der Waals surface area contributed by atoms with Crippen LogP contribution in [0.3, 0.4) is 0 Å². The van der Waals surface area contributed by atoms with E-state index in [0.29, 0.717) is 11.3 Å². The number of aromatic nitrogens is 1. The van der Waals surface area contributed by atoms with Crippen LogP contribution in [0.15, 0.2) is 12.1 Å². The summed E-state index contributed by atoms with van der Waals surface area (Å²) in [5.41, 5.74) is 0.688. The first kappa shape index (κ1) is 27.1. The van der Waals surface area contributed by atoms with Crippen LogP contribution in [0.25, 0.3) is 10.2 Å². The van der Waals surface area contributed by atoms with Crippen LogP contribution >= 0.6 is 11.3 Å². The van der Waals surface area contributed by atoms with E-state index in [-0.39, 0.29) is 22.6 Å². The van der Waals surface area contributed by atoms with Crippen LogP contribution in [0.5, 0.6) is 0 Å². The molecule has 2 aliphatic carbocycles. The van der Waals surface area contributed by atoms with Crippen molar-refractivity contribution < 1.29 is 25.8 Å². The predicted molar refractivity (Wildman–Crippen MR) is 131 cm³/mol. The van der Waals surface area contributed by atoms with Gasteiger partial charge in [0, 0.05) is 0 Å². The van der Waals surface area contributed by atoms with E-state index in [1.54, 1.807) is 6.07 Å². The number of hydrogen-bond donors (Lipinski definition) is 0. The summed E-state index contributed by atoms with van der Waals surface area (Å²) < 4.78 is 28.0. The van der Waals surface area contributed by atoms with E-state index >= 15 is 0 Å². The fourth-order valence-corrected chi connectivity index (χ4v) is 7.53. The summed E-state index contributed by atoms with van der Waals surface area (Å²) in [6.45, 7) is 9.16. The number of thiazole rings is 1. The van der Waals surface area contributed by atoms with Crippen molar-refractivity contribution in [1.82, 2.24) is 4.98 Å². The Balaban J connectivity index is 0.00000306. The minimum absolute atomic E-state index is 0. The molecule has 0 N–H and O–H groups in total. The van der Waals surface area contributed by atoms with Gasteiger partial charge in [0.2, 0.25) is 0 Å². The first-order chi connectivity index (χ1) is 15.4. The molecule has 1 radical (unpaired) electrons. The molecular formula is C28H38F2FeNS. The Morgan fingerprint density at radius 3 is 2.82 bits per heavy atom. The molecule has 0 spiro atoms. The third-order valence-electron chi connectivity index (χ3n) is 8.49. The standard InChI is InChI=1S/C28H38F2NS.Fe/c1-4-22-20(13-14-21-11-7-8-18-28(21,22)3)10-6-5-9-19(2)12-17-25-31-27-24(32-25)16-15-23(29)26(27)30;/h9-10,15-16,19-22H,1,4-8,11-14,17-18H2,2-3H3;/q-3;+3. The average molecular weight is 515 g/mol. The van der Waals surface area contributed by atoms with Gasteiger partial charge >= 0.3 is 17.1 Å². The monoisotopic (exact) mass is 514 g/mol. The van der Waals surface area contributed by atoms with Gasteiger partial charge in [0.25, 0.3) is 0 Å². The number of nitrogens with zero attached hydrogens (tertiary/aromatic N) is 1. The van der Waals surface area contributed by atoms with Crippen molar-refractivity contribution >= 4 is 21.6 Å². The van der Waals surface area contributed by atoms with Crippen molar-refractivity contribution in [3.8, 4) is 0 Å². The van der Waals surface area contributed by atoms with Gasteiger partial charge in [-0.25, -0.2) is 26.6 Å². The van der Waals surface area contributed by atoms with Gasteiger partial charge < -0.3 is 19.8 Å². The number of halogens is 2. The van der Waals surface area contributed by atoms with Gasteiger partial charge in [-0.1, -0.05) is 51.9 Å². The number of unbranched alkanes of at least 4 members (excludes halogenated alkanes) is 1. The zero-order valence-corrected chi connectivity index (χ0v) is 22.0. The van der Waals surface area contributed by atoms with E-state index in [1.165, 1.54) is 55.9 Å². The molecule has 2 aliphatic rings. The Labute approximate surface area is 214 Å². The molecule has 183 valence electrons. The summed E-state index contributed by atoms with van der Waals surface area (Å²) in [7, 11) is 0. The summed E-state index contributed by atoms with van der Waals surface area (Å²) in [4.78, 5) is 4.34. The third-order valence-corrected chi connectivity index (χ3v) is 9.57. The molecule has 33 heavy (non-hydrogen) atoms. The van der Waals surface area contributed by atoms with Crippen molar-refractivity contribution in [2.45, 2.75) is 84.5 Å². The molecule has 0 aliphatic heterocycles. The first-order valence-corrected chi connectivity index (χ1v) is 13.4. The van der Waals surface area contributed by atoms with Crippen LogP contribution in [-0.2, 0) is 23.5 Å². The molecule has 2 saturated carbocycles. The van der Waals surface area contributed by atoms with Gasteiger partial charge in [-0.3, -0.25) is 0 Å². The van der Waals surface area contributed by atoms with E-state index in [0.717, 1.165) is 59.6 Å². The van der Waals surface area contributed by atoms with Crippen LogP contribution in [0, 0.1) is 60.5 Å². The van der Waals surface area contributed by atoms with Crippen LogP contribution < -0.4 is 0 Å². The van der Waals surface area contributed by atoms with E-state index in [2.05, 4.69) is 38.6 Å². The van der Waals surface area contributed by atoms with Crippen LogP contribution in [0.2, 0.25) is 0 Å². The Morgan fingerprint density at radius 1 is 1.21 bits per heavy atom. The van der Waals surface area contributed by atoms with E-state index in [1.807, 2.05) is 0 Å². The second kappa shape index (κ2) is 12.0. The Bertz CT molecular complexity index is 899. The molecule has 0 bridgehead atoms. The van der Waals surface area contributed by atoms with E-state index < -0.39 is 11.6 Å². The van der Waals surface area contributed by atoms with Crippen molar-refractivity contribution in [3.05, 3.63) is 48.5 Å². The number of aryl methyl sites for hydroxylation is 1. The van der Waals surface area contributed by atoms with E-state index in [4.69, 9.17) is 0 Å². The molecule has 1 nitrogen and oxygen atoms in total. The molecule has 5 unspecified atom stereocenters. The normalized spacial score (nSPS) is 28.3. The van der Waals surface area contributed by atoms with Crippen LogP contribution in [0.4, 0.5) is 8.78 Å². The molecule has 5 heteroatoms. The quantitative estimate of drug-likeness (QED) is 0.185. The number of hydrogen-bond acceptors (Lipinski definition) is 2. The molecule has 2 aromatic rings. The first-order valence-electron chi connectivity index (χ1n) is 12.6. The maximum absolute atomic E-state index is 13.9. The molecule has 1 heterocycles. The topological polar surface area (TPSA) is 12.9 Å². The molecule has 2 fully saturated rings. The second-order valence-electron chi connectivity index (χ2n) is 10.5. The molecule has 5 atom stereocenters. The third kappa shape index (κ3) is 6.01. The Hall–Kier alpha value is -0.511. The number of fused-ring (bicyclic) bond motifs is 2. The van der Waals surface area contributed by atoms with Gasteiger partial charge in [-0.2, -0.15) is 18.3 Å². The molecule has 0 saturated heterocycles.